The van der Waals surface area contributed by atoms with Crippen LogP contribution in [0, 0.1) is 5.92 Å². The van der Waals surface area contributed by atoms with Gasteiger partial charge < -0.3 is 10.1 Å². The second-order valence-corrected chi connectivity index (χ2v) is 6.42. The second kappa shape index (κ2) is 6.11. The summed E-state index contributed by atoms with van der Waals surface area (Å²) in [6.45, 7) is 0. The third-order valence-electron chi connectivity index (χ3n) is 4.80. The molecular weight excluding hydrogens is 323 g/mol. The van der Waals surface area contributed by atoms with Crippen LogP contribution in [0.5, 0.6) is 0 Å². The van der Waals surface area contributed by atoms with Gasteiger partial charge in [0.2, 0.25) is 5.91 Å². The lowest BCUT2D eigenvalue weighted by Crippen LogP contribution is -2.43. The lowest BCUT2D eigenvalue weighted by Gasteiger charge is -2.36. The molecule has 1 heterocycles. The molecule has 0 bridgehead atoms. The number of halogens is 3. The summed E-state index contributed by atoms with van der Waals surface area (Å²) in [5.74, 6) is -1.52. The topological polar surface area (TPSA) is 55.4 Å². The van der Waals surface area contributed by atoms with Crippen LogP contribution in [0.1, 0.15) is 44.1 Å². The van der Waals surface area contributed by atoms with Gasteiger partial charge in [-0.05, 0) is 43.9 Å². The first-order valence-corrected chi connectivity index (χ1v) is 8.00. The molecule has 1 atom stereocenters. The number of anilines is 1. The van der Waals surface area contributed by atoms with Gasteiger partial charge >= 0.3 is 12.1 Å². The molecule has 1 amide bonds. The molecule has 2 aliphatic rings. The molecule has 2 fully saturated rings. The summed E-state index contributed by atoms with van der Waals surface area (Å²) < 4.78 is 43.8. The fourth-order valence-electron chi connectivity index (χ4n) is 3.63. The number of carbonyl (C=O) groups excluding carboxylic acids is 2. The summed E-state index contributed by atoms with van der Waals surface area (Å²) in [6, 6.07) is 4.48. The zero-order valence-corrected chi connectivity index (χ0v) is 13.0. The minimum absolute atomic E-state index is 0.0230. The fourth-order valence-corrected chi connectivity index (χ4v) is 3.63. The van der Waals surface area contributed by atoms with Crippen molar-refractivity contribution in [1.82, 2.24) is 0 Å². The molecule has 1 aliphatic carbocycles. The number of rotatable bonds is 2. The van der Waals surface area contributed by atoms with E-state index in [1.54, 1.807) is 0 Å². The first-order valence-electron chi connectivity index (χ1n) is 8.00. The maximum atomic E-state index is 12.8. The Kier molecular flexibility index (Phi) is 4.27. The molecule has 1 spiro atoms. The number of benzene rings is 1. The Morgan fingerprint density at radius 1 is 1.21 bits per heavy atom. The van der Waals surface area contributed by atoms with Crippen molar-refractivity contribution in [2.24, 2.45) is 5.92 Å². The van der Waals surface area contributed by atoms with Crippen molar-refractivity contribution in [2.75, 3.05) is 5.32 Å². The van der Waals surface area contributed by atoms with Crippen LogP contribution in [0.15, 0.2) is 24.3 Å². The third kappa shape index (κ3) is 3.25. The van der Waals surface area contributed by atoms with Crippen molar-refractivity contribution >= 4 is 17.6 Å². The number of amides is 1. The highest BCUT2D eigenvalue weighted by atomic mass is 19.4. The van der Waals surface area contributed by atoms with Crippen LogP contribution in [0.25, 0.3) is 0 Å². The first-order chi connectivity index (χ1) is 11.3. The zero-order valence-electron chi connectivity index (χ0n) is 13.0. The number of hydrogen-bond donors (Lipinski definition) is 1. The number of ether oxygens (including phenoxy) is 1. The van der Waals surface area contributed by atoms with Crippen molar-refractivity contribution in [2.45, 2.75) is 50.3 Å². The van der Waals surface area contributed by atoms with E-state index in [1.165, 1.54) is 12.1 Å². The van der Waals surface area contributed by atoms with Crippen molar-refractivity contribution < 1.29 is 27.5 Å². The summed E-state index contributed by atoms with van der Waals surface area (Å²) >= 11 is 0. The predicted molar refractivity (Wildman–Crippen MR) is 80.1 cm³/mol. The summed E-state index contributed by atoms with van der Waals surface area (Å²) in [7, 11) is 0. The van der Waals surface area contributed by atoms with Crippen LogP contribution in [-0.4, -0.2) is 17.5 Å². The molecule has 0 unspecified atom stereocenters. The van der Waals surface area contributed by atoms with Crippen LogP contribution in [0.2, 0.25) is 0 Å². The van der Waals surface area contributed by atoms with Crippen LogP contribution in [-0.2, 0) is 20.5 Å². The van der Waals surface area contributed by atoms with Gasteiger partial charge in [-0.15, -0.1) is 0 Å². The summed E-state index contributed by atoms with van der Waals surface area (Å²) in [6.07, 6.45) is -0.468. The van der Waals surface area contributed by atoms with Crippen LogP contribution in [0.3, 0.4) is 0 Å². The van der Waals surface area contributed by atoms with E-state index in [2.05, 4.69) is 5.32 Å². The van der Waals surface area contributed by atoms with Crippen LogP contribution >= 0.6 is 0 Å². The molecule has 1 aromatic carbocycles. The minimum Gasteiger partial charge on any atom is -0.458 e. The highest BCUT2D eigenvalue weighted by Gasteiger charge is 2.52. The van der Waals surface area contributed by atoms with Gasteiger partial charge in [0, 0.05) is 5.69 Å². The van der Waals surface area contributed by atoms with Crippen LogP contribution < -0.4 is 5.32 Å². The molecule has 3 rings (SSSR count). The number of esters is 1. The molecule has 4 nitrogen and oxygen atoms in total. The maximum absolute atomic E-state index is 12.8. The molecule has 1 saturated heterocycles. The van der Waals surface area contributed by atoms with Gasteiger partial charge in [0.25, 0.3) is 0 Å². The highest BCUT2D eigenvalue weighted by molar-refractivity contribution is 5.97. The van der Waals surface area contributed by atoms with E-state index >= 15 is 0 Å². The fraction of sp³-hybridized carbons (Fsp3) is 0.529. The normalized spacial score (nSPS) is 23.1. The predicted octanol–water partition coefficient (Wildman–Crippen LogP) is 3.91. The van der Waals surface area contributed by atoms with E-state index < -0.39 is 35.1 Å². The van der Waals surface area contributed by atoms with Gasteiger partial charge in [0.1, 0.15) is 5.60 Å². The molecule has 1 N–H and O–H groups in total. The number of nitrogens with one attached hydrogen (secondary N) is 1. The Morgan fingerprint density at radius 3 is 2.58 bits per heavy atom. The van der Waals surface area contributed by atoms with Crippen molar-refractivity contribution in [3.05, 3.63) is 29.8 Å². The smallest absolute Gasteiger partial charge is 0.416 e. The standard InChI is InChI=1S/C17H18F3NO3/c18-17(19,20)11-5-4-6-12(9-11)21-15(23)13-10-14(22)24-16(13)7-2-1-3-8-16/h4-6,9,13H,1-3,7-8,10H2,(H,21,23)/t13-/m1/s1. The maximum Gasteiger partial charge on any atom is 0.416 e. The largest absolute Gasteiger partial charge is 0.458 e. The Balaban J connectivity index is 1.78. The Hall–Kier alpha value is -2.05. The Labute approximate surface area is 137 Å². The molecule has 1 saturated carbocycles. The molecule has 1 aliphatic heterocycles. The summed E-state index contributed by atoms with van der Waals surface area (Å²) in [5.41, 5.74) is -1.55. The molecule has 24 heavy (non-hydrogen) atoms. The van der Waals surface area contributed by atoms with Crippen molar-refractivity contribution in [3.8, 4) is 0 Å². The molecule has 0 radical (unpaired) electrons. The Morgan fingerprint density at radius 2 is 1.92 bits per heavy atom. The van der Waals surface area contributed by atoms with Gasteiger partial charge in [-0.2, -0.15) is 13.2 Å². The SMILES string of the molecule is O=C1C[C@H](C(=O)Nc2cccc(C(F)(F)F)c2)C2(CCCCC2)O1. The molecule has 1 aromatic rings. The van der Waals surface area contributed by atoms with Gasteiger partial charge in [-0.3, -0.25) is 9.59 Å². The van der Waals surface area contributed by atoms with Gasteiger partial charge in [0.05, 0.1) is 17.9 Å². The number of hydrogen-bond acceptors (Lipinski definition) is 3. The Bertz CT molecular complexity index is 651. The average molecular weight is 341 g/mol. The summed E-state index contributed by atoms with van der Waals surface area (Å²) in [4.78, 5) is 24.3. The van der Waals surface area contributed by atoms with Crippen molar-refractivity contribution in [1.29, 1.82) is 0 Å². The molecular formula is C17H18F3NO3. The van der Waals surface area contributed by atoms with E-state index in [9.17, 15) is 22.8 Å². The average Bonchev–Trinajstić information content (AvgIpc) is 2.83. The number of carbonyl (C=O) groups is 2. The highest BCUT2D eigenvalue weighted by Crippen LogP contribution is 2.44. The van der Waals surface area contributed by atoms with E-state index in [0.29, 0.717) is 12.8 Å². The van der Waals surface area contributed by atoms with E-state index in [4.69, 9.17) is 4.74 Å². The van der Waals surface area contributed by atoms with Gasteiger partial charge in [-0.25, -0.2) is 0 Å². The van der Waals surface area contributed by atoms with Gasteiger partial charge in [-0.1, -0.05) is 12.5 Å². The minimum atomic E-state index is -4.47. The third-order valence-corrected chi connectivity index (χ3v) is 4.80. The molecule has 7 heteroatoms. The van der Waals surface area contributed by atoms with Gasteiger partial charge in [0.15, 0.2) is 0 Å². The van der Waals surface area contributed by atoms with E-state index in [-0.39, 0.29) is 12.1 Å². The summed E-state index contributed by atoms with van der Waals surface area (Å²) in [5, 5.41) is 2.52. The van der Waals surface area contributed by atoms with E-state index in [0.717, 1.165) is 31.4 Å². The van der Waals surface area contributed by atoms with Crippen molar-refractivity contribution in [3.63, 3.8) is 0 Å². The number of alkyl halides is 3. The lowest BCUT2D eigenvalue weighted by molar-refractivity contribution is -0.153. The first kappa shape index (κ1) is 16.8. The monoisotopic (exact) mass is 341 g/mol. The second-order valence-electron chi connectivity index (χ2n) is 6.42. The molecule has 130 valence electrons. The van der Waals surface area contributed by atoms with Crippen LogP contribution in [0.4, 0.5) is 18.9 Å². The molecule has 0 aromatic heterocycles. The quantitative estimate of drug-likeness (QED) is 0.830. The zero-order chi connectivity index (χ0) is 17.4. The van der Waals surface area contributed by atoms with E-state index in [1.807, 2.05) is 0 Å². The lowest BCUT2D eigenvalue weighted by atomic mass is 9.75.